The maximum absolute atomic E-state index is 5.31. The van der Waals surface area contributed by atoms with Crippen molar-refractivity contribution in [1.82, 2.24) is 4.57 Å². The van der Waals surface area contributed by atoms with Crippen LogP contribution in [0.4, 0.5) is 0 Å². The Bertz CT molecular complexity index is 1220. The van der Waals surface area contributed by atoms with E-state index in [2.05, 4.69) is 101 Å². The molecule has 0 unspecified atom stereocenters. The summed E-state index contributed by atoms with van der Waals surface area (Å²) in [6.07, 6.45) is 0. The summed E-state index contributed by atoms with van der Waals surface area (Å²) in [6.45, 7) is 13.6. The van der Waals surface area contributed by atoms with Gasteiger partial charge in [0.25, 0.3) is 0 Å². The number of hydrogen-bond donors (Lipinski definition) is 0. The lowest BCUT2D eigenvalue weighted by Crippen LogP contribution is -2.22. The third kappa shape index (κ3) is 3.99. The summed E-state index contributed by atoms with van der Waals surface area (Å²) in [5.74, 6) is 1.39. The maximum Gasteiger partial charge on any atom is 0.118 e. The fourth-order valence-corrected chi connectivity index (χ4v) is 4.54. The van der Waals surface area contributed by atoms with E-state index in [0.29, 0.717) is 5.92 Å². The Morgan fingerprint density at radius 1 is 0.774 bits per heavy atom. The molecule has 0 amide bonds. The minimum absolute atomic E-state index is 0.0262. The van der Waals surface area contributed by atoms with Crippen LogP contribution in [0.2, 0.25) is 0 Å². The Kier molecular flexibility index (Phi) is 5.43. The summed E-state index contributed by atoms with van der Waals surface area (Å²) in [7, 11) is 1.70. The number of aryl methyl sites for hydroxylation is 1. The Morgan fingerprint density at radius 2 is 1.42 bits per heavy atom. The second-order valence-electron chi connectivity index (χ2n) is 9.76. The SMILES string of the molecule is COc1ccc(-c2ccc3c(c2)cc(-c2ccc(C)c(C(C)C)c2)n3C(C)(C)C)cc1. The monoisotopic (exact) mass is 411 g/mol. The van der Waals surface area contributed by atoms with E-state index in [9.17, 15) is 0 Å². The number of rotatable bonds is 4. The average Bonchev–Trinajstić information content (AvgIpc) is 3.13. The minimum atomic E-state index is -0.0262. The van der Waals surface area contributed by atoms with Crippen molar-refractivity contribution in [3.05, 3.63) is 77.9 Å². The van der Waals surface area contributed by atoms with Gasteiger partial charge >= 0.3 is 0 Å². The van der Waals surface area contributed by atoms with E-state index in [0.717, 1.165) is 5.75 Å². The van der Waals surface area contributed by atoms with E-state index in [-0.39, 0.29) is 5.54 Å². The average molecular weight is 412 g/mol. The molecule has 0 aliphatic carbocycles. The summed E-state index contributed by atoms with van der Waals surface area (Å²) in [4.78, 5) is 0. The van der Waals surface area contributed by atoms with Crippen molar-refractivity contribution in [3.63, 3.8) is 0 Å². The van der Waals surface area contributed by atoms with E-state index >= 15 is 0 Å². The van der Waals surface area contributed by atoms with Crippen LogP contribution in [0.15, 0.2) is 66.7 Å². The number of aromatic nitrogens is 1. The third-order valence-corrected chi connectivity index (χ3v) is 6.09. The first-order valence-corrected chi connectivity index (χ1v) is 11.1. The standard InChI is InChI=1S/C29H33NO/c1-19(2)26-17-23(9-8-20(26)3)28-18-24-16-22(21-10-13-25(31-7)14-11-21)12-15-27(24)30(28)29(4,5)6/h8-19H,1-7H3. The van der Waals surface area contributed by atoms with Gasteiger partial charge in [-0.15, -0.1) is 0 Å². The van der Waals surface area contributed by atoms with E-state index < -0.39 is 0 Å². The molecule has 0 spiro atoms. The molecule has 0 aliphatic heterocycles. The van der Waals surface area contributed by atoms with Gasteiger partial charge in [0.1, 0.15) is 5.75 Å². The van der Waals surface area contributed by atoms with Crippen molar-refractivity contribution in [1.29, 1.82) is 0 Å². The van der Waals surface area contributed by atoms with Crippen molar-refractivity contribution in [3.8, 4) is 28.1 Å². The number of benzene rings is 3. The van der Waals surface area contributed by atoms with Gasteiger partial charge in [-0.25, -0.2) is 0 Å². The molecule has 31 heavy (non-hydrogen) atoms. The lowest BCUT2D eigenvalue weighted by molar-refractivity contribution is 0.414. The number of methoxy groups -OCH3 is 1. The van der Waals surface area contributed by atoms with Crippen molar-refractivity contribution in [2.45, 2.75) is 53.0 Å². The summed E-state index contributed by atoms with van der Waals surface area (Å²) in [5, 5.41) is 1.27. The predicted molar refractivity (Wildman–Crippen MR) is 133 cm³/mol. The second-order valence-corrected chi connectivity index (χ2v) is 9.76. The Hall–Kier alpha value is -3.00. The van der Waals surface area contributed by atoms with Crippen LogP contribution >= 0.6 is 0 Å². The van der Waals surface area contributed by atoms with Gasteiger partial charge in [-0.2, -0.15) is 0 Å². The van der Waals surface area contributed by atoms with Crippen LogP contribution in [-0.4, -0.2) is 11.7 Å². The topological polar surface area (TPSA) is 14.2 Å². The zero-order valence-corrected chi connectivity index (χ0v) is 19.8. The number of ether oxygens (including phenoxy) is 1. The molecule has 0 bridgehead atoms. The number of nitrogens with zero attached hydrogens (tertiary/aromatic N) is 1. The molecule has 0 N–H and O–H groups in total. The van der Waals surface area contributed by atoms with E-state index in [1.54, 1.807) is 7.11 Å². The molecule has 1 heterocycles. The first kappa shape index (κ1) is 21.2. The fraction of sp³-hybridized carbons (Fsp3) is 0.310. The predicted octanol–water partition coefficient (Wildman–Crippen LogP) is 8.17. The number of fused-ring (bicyclic) bond motifs is 1. The molecule has 0 atom stereocenters. The molecule has 160 valence electrons. The Balaban J connectivity index is 1.90. The number of hydrogen-bond acceptors (Lipinski definition) is 1. The lowest BCUT2D eigenvalue weighted by Gasteiger charge is -2.26. The van der Waals surface area contributed by atoms with Gasteiger partial charge in [-0.1, -0.05) is 44.2 Å². The van der Waals surface area contributed by atoms with E-state index in [1.807, 2.05) is 12.1 Å². The molecule has 4 aromatic rings. The van der Waals surface area contributed by atoms with Crippen LogP contribution in [-0.2, 0) is 5.54 Å². The van der Waals surface area contributed by atoms with Crippen LogP contribution < -0.4 is 4.74 Å². The summed E-state index contributed by atoms with van der Waals surface area (Å²) in [6, 6.07) is 24.3. The molecule has 0 saturated heterocycles. The van der Waals surface area contributed by atoms with E-state index in [4.69, 9.17) is 4.74 Å². The van der Waals surface area contributed by atoms with Crippen molar-refractivity contribution in [2.24, 2.45) is 0 Å². The maximum atomic E-state index is 5.31. The molecule has 0 saturated carbocycles. The van der Waals surface area contributed by atoms with Gasteiger partial charge in [-0.3, -0.25) is 0 Å². The molecule has 0 fully saturated rings. The quantitative estimate of drug-likeness (QED) is 0.330. The second kappa shape index (κ2) is 7.92. The molecule has 2 heteroatoms. The largest absolute Gasteiger partial charge is 0.497 e. The van der Waals surface area contributed by atoms with E-state index in [1.165, 1.54) is 44.4 Å². The van der Waals surface area contributed by atoms with Crippen LogP contribution in [0.5, 0.6) is 5.75 Å². The Labute approximate surface area is 186 Å². The van der Waals surface area contributed by atoms with Gasteiger partial charge in [-0.05, 0) is 97.8 Å². The van der Waals surface area contributed by atoms with Crippen molar-refractivity contribution in [2.75, 3.05) is 7.11 Å². The zero-order chi connectivity index (χ0) is 22.3. The molecule has 1 aromatic heterocycles. The molecule has 2 nitrogen and oxygen atoms in total. The summed E-state index contributed by atoms with van der Waals surface area (Å²) < 4.78 is 7.79. The van der Waals surface area contributed by atoms with Gasteiger partial charge in [0.2, 0.25) is 0 Å². The normalized spacial score (nSPS) is 12.0. The smallest absolute Gasteiger partial charge is 0.118 e. The lowest BCUT2D eigenvalue weighted by atomic mass is 9.94. The van der Waals surface area contributed by atoms with Crippen molar-refractivity contribution >= 4 is 10.9 Å². The fourth-order valence-electron chi connectivity index (χ4n) is 4.54. The highest BCUT2D eigenvalue weighted by molar-refractivity contribution is 5.91. The van der Waals surface area contributed by atoms with Gasteiger partial charge < -0.3 is 9.30 Å². The molecule has 4 rings (SSSR count). The first-order valence-electron chi connectivity index (χ1n) is 11.1. The highest BCUT2D eigenvalue weighted by atomic mass is 16.5. The van der Waals surface area contributed by atoms with Crippen LogP contribution in [0.25, 0.3) is 33.3 Å². The van der Waals surface area contributed by atoms with Crippen LogP contribution in [0.1, 0.15) is 51.7 Å². The first-order chi connectivity index (χ1) is 14.7. The van der Waals surface area contributed by atoms with Gasteiger partial charge in [0.05, 0.1) is 7.11 Å². The molecule has 3 aromatic carbocycles. The highest BCUT2D eigenvalue weighted by Crippen LogP contribution is 2.37. The molecular formula is C29H33NO. The highest BCUT2D eigenvalue weighted by Gasteiger charge is 2.22. The van der Waals surface area contributed by atoms with Crippen molar-refractivity contribution < 1.29 is 4.74 Å². The molecule has 0 aliphatic rings. The zero-order valence-electron chi connectivity index (χ0n) is 19.8. The van der Waals surface area contributed by atoms with Gasteiger partial charge in [0, 0.05) is 22.1 Å². The van der Waals surface area contributed by atoms with Crippen LogP contribution in [0.3, 0.4) is 0 Å². The van der Waals surface area contributed by atoms with Crippen LogP contribution in [0, 0.1) is 6.92 Å². The Morgan fingerprint density at radius 3 is 2.03 bits per heavy atom. The summed E-state index contributed by atoms with van der Waals surface area (Å²) in [5.41, 5.74) is 9.00. The van der Waals surface area contributed by atoms with Gasteiger partial charge in [0.15, 0.2) is 0 Å². The summed E-state index contributed by atoms with van der Waals surface area (Å²) >= 11 is 0. The third-order valence-electron chi connectivity index (χ3n) is 6.09. The molecule has 0 radical (unpaired) electrons. The molecular weight excluding hydrogens is 378 g/mol. The minimum Gasteiger partial charge on any atom is -0.497 e.